The average molecular weight is 425 g/mol. The van der Waals surface area contributed by atoms with Gasteiger partial charge in [0.1, 0.15) is 0 Å². The number of anilines is 1. The van der Waals surface area contributed by atoms with Gasteiger partial charge in [-0.2, -0.15) is 0 Å². The molecule has 0 aromatic heterocycles. The number of amides is 2. The number of carbonyl (C=O) groups excluding carboxylic acids is 2. The minimum atomic E-state index is -1.33. The van der Waals surface area contributed by atoms with Crippen molar-refractivity contribution in [2.45, 2.75) is 18.4 Å². The highest BCUT2D eigenvalue weighted by Gasteiger charge is 2.58. The lowest BCUT2D eigenvalue weighted by atomic mass is 9.92. The van der Waals surface area contributed by atoms with Gasteiger partial charge in [0.2, 0.25) is 11.5 Å². The molecular weight excluding hydrogens is 411 g/mol. The van der Waals surface area contributed by atoms with Gasteiger partial charge in [-0.1, -0.05) is 64.8 Å². The second kappa shape index (κ2) is 6.58. The van der Waals surface area contributed by atoms with Crippen LogP contribution in [0.2, 0.25) is 10.0 Å². The van der Waals surface area contributed by atoms with Gasteiger partial charge in [0, 0.05) is 17.0 Å². The summed E-state index contributed by atoms with van der Waals surface area (Å²) < 4.78 is 0. The van der Waals surface area contributed by atoms with Gasteiger partial charge in [-0.15, -0.1) is 0 Å². The van der Waals surface area contributed by atoms with Crippen LogP contribution in [-0.4, -0.2) is 23.1 Å². The number of carbonyl (C=O) groups is 2. The van der Waals surface area contributed by atoms with Crippen molar-refractivity contribution in [1.82, 2.24) is 0 Å². The van der Waals surface area contributed by atoms with Crippen LogP contribution < -0.4 is 4.90 Å². The highest BCUT2D eigenvalue weighted by molar-refractivity contribution is 6.37. The van der Waals surface area contributed by atoms with Crippen LogP contribution in [0.3, 0.4) is 0 Å². The Bertz CT molecular complexity index is 1220. The van der Waals surface area contributed by atoms with Crippen molar-refractivity contribution in [1.29, 1.82) is 0 Å². The molecule has 144 valence electrons. The van der Waals surface area contributed by atoms with Crippen molar-refractivity contribution in [3.63, 3.8) is 0 Å². The van der Waals surface area contributed by atoms with E-state index in [1.807, 2.05) is 36.4 Å². The summed E-state index contributed by atoms with van der Waals surface area (Å²) in [7, 11) is 0. The maximum atomic E-state index is 13.2. The largest absolute Gasteiger partial charge is 0.378 e. The summed E-state index contributed by atoms with van der Waals surface area (Å²) in [5, 5.41) is 6.98. The number of imide groups is 1. The zero-order valence-corrected chi connectivity index (χ0v) is 16.6. The third-order valence-corrected chi connectivity index (χ3v) is 5.84. The van der Waals surface area contributed by atoms with E-state index in [1.54, 1.807) is 24.3 Å². The van der Waals surface area contributed by atoms with Gasteiger partial charge in [-0.05, 0) is 35.0 Å². The van der Waals surface area contributed by atoms with Crippen molar-refractivity contribution in [2.24, 2.45) is 5.16 Å². The average Bonchev–Trinajstić information content (AvgIpc) is 3.22. The summed E-state index contributed by atoms with van der Waals surface area (Å²) in [4.78, 5) is 32.8. The summed E-state index contributed by atoms with van der Waals surface area (Å²) >= 11 is 12.2. The number of rotatable bonds is 2. The minimum absolute atomic E-state index is 0.0726. The predicted molar refractivity (Wildman–Crippen MR) is 112 cm³/mol. The van der Waals surface area contributed by atoms with Crippen molar-refractivity contribution in [3.8, 4) is 0 Å². The lowest BCUT2D eigenvalue weighted by molar-refractivity contribution is -0.136. The molecule has 29 heavy (non-hydrogen) atoms. The van der Waals surface area contributed by atoms with Crippen LogP contribution in [0.5, 0.6) is 0 Å². The van der Waals surface area contributed by atoms with E-state index in [2.05, 4.69) is 5.16 Å². The number of oxime groups is 1. The summed E-state index contributed by atoms with van der Waals surface area (Å²) in [5.74, 6) is -0.731. The summed E-state index contributed by atoms with van der Waals surface area (Å²) in [5.41, 5.74) is 0.351. The molecule has 0 bridgehead atoms. The van der Waals surface area contributed by atoms with Gasteiger partial charge in [-0.25, -0.2) is 4.90 Å². The van der Waals surface area contributed by atoms with Crippen LogP contribution >= 0.6 is 23.2 Å². The molecule has 1 atom stereocenters. The fourth-order valence-electron chi connectivity index (χ4n) is 3.85. The summed E-state index contributed by atoms with van der Waals surface area (Å²) in [6.45, 7) is 0. The van der Waals surface area contributed by atoms with E-state index in [4.69, 9.17) is 28.0 Å². The molecule has 1 spiro atoms. The molecule has 5 nitrogen and oxygen atoms in total. The fourth-order valence-corrected chi connectivity index (χ4v) is 4.37. The molecular formula is C22H14Cl2N2O3. The molecule has 0 radical (unpaired) electrons. The van der Waals surface area contributed by atoms with E-state index in [-0.39, 0.29) is 18.7 Å². The molecule has 5 rings (SSSR count). The molecule has 2 amide bonds. The molecule has 0 aliphatic carbocycles. The highest BCUT2D eigenvalue weighted by Crippen LogP contribution is 2.40. The van der Waals surface area contributed by atoms with E-state index >= 15 is 0 Å². The number of fused-ring (bicyclic) bond motifs is 1. The first kappa shape index (κ1) is 18.2. The van der Waals surface area contributed by atoms with Crippen molar-refractivity contribution in [3.05, 3.63) is 76.3 Å². The van der Waals surface area contributed by atoms with E-state index in [9.17, 15) is 9.59 Å². The van der Waals surface area contributed by atoms with E-state index in [0.717, 1.165) is 10.8 Å². The van der Waals surface area contributed by atoms with Gasteiger partial charge in [0.25, 0.3) is 5.91 Å². The quantitative estimate of drug-likeness (QED) is 0.545. The zero-order chi connectivity index (χ0) is 20.2. The van der Waals surface area contributed by atoms with Crippen LogP contribution in [0.25, 0.3) is 10.8 Å². The molecule has 0 unspecified atom stereocenters. The van der Waals surface area contributed by atoms with Crippen LogP contribution in [0.15, 0.2) is 65.8 Å². The Labute approximate surface area is 176 Å². The van der Waals surface area contributed by atoms with E-state index in [1.165, 1.54) is 4.90 Å². The molecule has 1 saturated heterocycles. The third-order valence-electron chi connectivity index (χ3n) is 5.30. The Morgan fingerprint density at radius 2 is 1.72 bits per heavy atom. The molecule has 0 saturated carbocycles. The molecule has 0 N–H and O–H groups in total. The predicted octanol–water partition coefficient (Wildman–Crippen LogP) is 4.97. The van der Waals surface area contributed by atoms with Gasteiger partial charge in [-0.3, -0.25) is 9.59 Å². The van der Waals surface area contributed by atoms with Gasteiger partial charge in [0.05, 0.1) is 22.8 Å². The second-order valence-corrected chi connectivity index (χ2v) is 8.01. The highest BCUT2D eigenvalue weighted by atomic mass is 35.5. The second-order valence-electron chi connectivity index (χ2n) is 7.17. The maximum absolute atomic E-state index is 13.2. The van der Waals surface area contributed by atoms with Crippen LogP contribution in [0, 0.1) is 0 Å². The Morgan fingerprint density at radius 1 is 0.931 bits per heavy atom. The first-order valence-electron chi connectivity index (χ1n) is 9.03. The van der Waals surface area contributed by atoms with Crippen molar-refractivity contribution in [2.75, 3.05) is 4.90 Å². The van der Waals surface area contributed by atoms with Gasteiger partial charge >= 0.3 is 0 Å². The normalized spacial score (nSPS) is 21.2. The summed E-state index contributed by atoms with van der Waals surface area (Å²) in [6.07, 6.45) is 0.0971. The van der Waals surface area contributed by atoms with Gasteiger partial charge < -0.3 is 4.84 Å². The third kappa shape index (κ3) is 2.89. The molecule has 7 heteroatoms. The Morgan fingerprint density at radius 3 is 2.52 bits per heavy atom. The number of benzene rings is 3. The molecule has 1 fully saturated rings. The van der Waals surface area contributed by atoms with E-state index in [0.29, 0.717) is 27.0 Å². The van der Waals surface area contributed by atoms with Gasteiger partial charge in [0.15, 0.2) is 0 Å². The topological polar surface area (TPSA) is 59.0 Å². The lowest BCUT2D eigenvalue weighted by Crippen LogP contribution is -2.40. The molecule has 2 aliphatic rings. The number of hydrogen-bond acceptors (Lipinski definition) is 4. The maximum Gasteiger partial charge on any atom is 0.281 e. The van der Waals surface area contributed by atoms with Crippen LogP contribution in [0.4, 0.5) is 5.69 Å². The van der Waals surface area contributed by atoms with Crippen molar-refractivity contribution >= 4 is 57.2 Å². The fraction of sp³-hybridized carbons (Fsp3) is 0.136. The Balaban J connectivity index is 1.46. The minimum Gasteiger partial charge on any atom is -0.378 e. The molecule has 3 aromatic carbocycles. The van der Waals surface area contributed by atoms with Crippen LogP contribution in [0.1, 0.15) is 18.4 Å². The Kier molecular flexibility index (Phi) is 4.12. The van der Waals surface area contributed by atoms with E-state index < -0.39 is 11.5 Å². The zero-order valence-electron chi connectivity index (χ0n) is 15.1. The monoisotopic (exact) mass is 424 g/mol. The molecule has 2 heterocycles. The molecule has 2 aliphatic heterocycles. The number of hydrogen-bond donors (Lipinski definition) is 0. The van der Waals surface area contributed by atoms with Crippen molar-refractivity contribution < 1.29 is 14.4 Å². The standard InChI is InChI=1S/C22H14Cl2N2O3/c23-15-6-8-17(18(24)10-15)19-11-22(29-25-19)12-20(27)26(21(22)28)16-7-5-13-3-1-2-4-14(13)9-16/h1-10H,11-12H2/t22-/m0/s1. The first-order chi connectivity index (χ1) is 14.0. The summed E-state index contributed by atoms with van der Waals surface area (Å²) in [6, 6.07) is 18.3. The number of halogens is 2. The number of nitrogens with zero attached hydrogens (tertiary/aromatic N) is 2. The lowest BCUT2D eigenvalue weighted by Gasteiger charge is -2.19. The molecule has 3 aromatic rings. The first-order valence-corrected chi connectivity index (χ1v) is 9.79. The van der Waals surface area contributed by atoms with Crippen LogP contribution in [-0.2, 0) is 14.4 Å². The Hall–Kier alpha value is -2.89. The smallest absolute Gasteiger partial charge is 0.281 e. The SMILES string of the molecule is O=C1C[C@@]2(CC(c3ccc(Cl)cc3Cl)=NO2)C(=O)N1c1ccc2ccccc2c1.